The second kappa shape index (κ2) is 8.53. The van der Waals surface area contributed by atoms with Crippen LogP contribution in [0.3, 0.4) is 0 Å². The molecular formula is C20H21N5O2S. The minimum atomic E-state index is -0.186. The van der Waals surface area contributed by atoms with Crippen molar-refractivity contribution in [2.24, 2.45) is 12.1 Å². The Morgan fingerprint density at radius 2 is 1.82 bits per heavy atom. The molecule has 2 N–H and O–H groups in total. The van der Waals surface area contributed by atoms with E-state index in [1.165, 1.54) is 0 Å². The summed E-state index contributed by atoms with van der Waals surface area (Å²) in [5.41, 5.74) is 5.38. The van der Waals surface area contributed by atoms with Crippen molar-refractivity contribution in [1.29, 1.82) is 0 Å². The van der Waals surface area contributed by atoms with Crippen LogP contribution in [-0.2, 0) is 7.05 Å². The summed E-state index contributed by atoms with van der Waals surface area (Å²) < 4.78 is 8.48. The van der Waals surface area contributed by atoms with Gasteiger partial charge in [-0.3, -0.25) is 14.9 Å². The molecule has 0 spiro atoms. The van der Waals surface area contributed by atoms with E-state index < -0.39 is 0 Å². The molecule has 144 valence electrons. The number of methoxy groups -OCH3 is 1. The number of nitrogens with zero attached hydrogens (tertiary/aromatic N) is 3. The Kier molecular flexibility index (Phi) is 5.90. The lowest BCUT2D eigenvalue weighted by molar-refractivity contribution is 0.415. The molecule has 0 aliphatic rings. The Morgan fingerprint density at radius 1 is 1.14 bits per heavy atom. The van der Waals surface area contributed by atoms with E-state index in [9.17, 15) is 4.79 Å². The fraction of sp³-hybridized carbons (Fsp3) is 0.150. The number of para-hydroxylation sites is 1. The van der Waals surface area contributed by atoms with Crippen LogP contribution in [0.2, 0.25) is 0 Å². The first kappa shape index (κ1) is 19.4. The monoisotopic (exact) mass is 395 g/mol. The predicted octanol–water partition coefficient (Wildman–Crippen LogP) is 2.81. The van der Waals surface area contributed by atoms with Crippen LogP contribution in [0.25, 0.3) is 5.69 Å². The Bertz CT molecular complexity index is 1050. The van der Waals surface area contributed by atoms with E-state index in [4.69, 9.17) is 17.0 Å². The van der Waals surface area contributed by atoms with Crippen molar-refractivity contribution in [3.8, 4) is 11.4 Å². The minimum Gasteiger partial charge on any atom is -0.497 e. The fourth-order valence-corrected chi connectivity index (χ4v) is 2.86. The first-order valence-corrected chi connectivity index (χ1v) is 9.00. The molecular weight excluding hydrogens is 374 g/mol. The zero-order valence-electron chi connectivity index (χ0n) is 15.8. The molecule has 0 amide bonds. The summed E-state index contributed by atoms with van der Waals surface area (Å²) in [6.45, 7) is 1.85. The maximum atomic E-state index is 12.8. The standard InChI is InChI=1S/C20H21N5O2S/c1-14-18(19(26)25(24(14)2)16-7-5-4-6-8-16)22-20(28)23-21-13-15-9-11-17(27-3)12-10-15/h4-13H,1-3H3,(H2,22,23,28)/b21-13-. The molecule has 0 aliphatic heterocycles. The van der Waals surface area contributed by atoms with Gasteiger partial charge in [0.15, 0.2) is 5.11 Å². The number of nitrogens with one attached hydrogen (secondary N) is 2. The van der Waals surface area contributed by atoms with Crippen molar-refractivity contribution < 1.29 is 4.74 Å². The lowest BCUT2D eigenvalue weighted by Gasteiger charge is -2.07. The van der Waals surface area contributed by atoms with E-state index in [2.05, 4.69) is 15.8 Å². The Morgan fingerprint density at radius 3 is 2.46 bits per heavy atom. The van der Waals surface area contributed by atoms with E-state index in [0.717, 1.165) is 22.7 Å². The molecule has 1 heterocycles. The van der Waals surface area contributed by atoms with Crippen molar-refractivity contribution in [2.75, 3.05) is 12.4 Å². The van der Waals surface area contributed by atoms with Gasteiger partial charge in [-0.05, 0) is 61.1 Å². The third-order valence-corrected chi connectivity index (χ3v) is 4.48. The third-order valence-electron chi connectivity index (χ3n) is 4.29. The average Bonchev–Trinajstić information content (AvgIpc) is 2.92. The van der Waals surface area contributed by atoms with Crippen LogP contribution >= 0.6 is 12.2 Å². The number of hydrazone groups is 1. The molecule has 8 heteroatoms. The van der Waals surface area contributed by atoms with Crippen molar-refractivity contribution in [3.05, 3.63) is 76.2 Å². The van der Waals surface area contributed by atoms with Gasteiger partial charge in [-0.15, -0.1) is 0 Å². The highest BCUT2D eigenvalue weighted by atomic mass is 32.1. The van der Waals surface area contributed by atoms with Gasteiger partial charge in [0.05, 0.1) is 24.7 Å². The Balaban J connectivity index is 1.72. The van der Waals surface area contributed by atoms with Gasteiger partial charge >= 0.3 is 0 Å². The maximum absolute atomic E-state index is 12.8. The fourth-order valence-electron chi connectivity index (χ4n) is 2.71. The molecule has 0 saturated carbocycles. The summed E-state index contributed by atoms with van der Waals surface area (Å²) >= 11 is 5.27. The van der Waals surface area contributed by atoms with Crippen LogP contribution < -0.4 is 21.0 Å². The van der Waals surface area contributed by atoms with Crippen LogP contribution in [0.15, 0.2) is 64.5 Å². The number of anilines is 1. The van der Waals surface area contributed by atoms with Gasteiger partial charge in [0.1, 0.15) is 11.4 Å². The van der Waals surface area contributed by atoms with E-state index in [-0.39, 0.29) is 10.7 Å². The largest absolute Gasteiger partial charge is 0.497 e. The molecule has 3 rings (SSSR count). The second-order valence-electron chi connectivity index (χ2n) is 6.03. The number of ether oxygens (including phenoxy) is 1. The zero-order valence-corrected chi connectivity index (χ0v) is 16.7. The van der Waals surface area contributed by atoms with E-state index >= 15 is 0 Å². The van der Waals surface area contributed by atoms with Crippen molar-refractivity contribution in [3.63, 3.8) is 0 Å². The first-order chi connectivity index (χ1) is 13.5. The summed E-state index contributed by atoms with van der Waals surface area (Å²) in [5.74, 6) is 0.775. The van der Waals surface area contributed by atoms with Gasteiger partial charge < -0.3 is 10.1 Å². The van der Waals surface area contributed by atoms with Crippen LogP contribution in [0.4, 0.5) is 5.69 Å². The molecule has 0 fully saturated rings. The highest BCUT2D eigenvalue weighted by Crippen LogP contribution is 2.14. The Hall–Kier alpha value is -3.39. The molecule has 7 nitrogen and oxygen atoms in total. The summed E-state index contributed by atoms with van der Waals surface area (Å²) in [5, 5.41) is 7.28. The molecule has 2 aromatic carbocycles. The van der Waals surface area contributed by atoms with Gasteiger partial charge in [0.2, 0.25) is 0 Å². The van der Waals surface area contributed by atoms with Crippen molar-refractivity contribution >= 4 is 29.2 Å². The van der Waals surface area contributed by atoms with Gasteiger partial charge in [-0.1, -0.05) is 18.2 Å². The Labute approximate surface area is 168 Å². The zero-order chi connectivity index (χ0) is 20.1. The number of hydrogen-bond acceptors (Lipinski definition) is 4. The van der Waals surface area contributed by atoms with Gasteiger partial charge in [0, 0.05) is 7.05 Å². The van der Waals surface area contributed by atoms with Gasteiger partial charge in [0.25, 0.3) is 5.56 Å². The molecule has 1 aromatic heterocycles. The second-order valence-corrected chi connectivity index (χ2v) is 6.44. The van der Waals surface area contributed by atoms with E-state index in [0.29, 0.717) is 5.69 Å². The molecule has 0 saturated heterocycles. The highest BCUT2D eigenvalue weighted by Gasteiger charge is 2.16. The first-order valence-electron chi connectivity index (χ1n) is 8.59. The normalized spacial score (nSPS) is 10.8. The lowest BCUT2D eigenvalue weighted by atomic mass is 10.2. The average molecular weight is 395 g/mol. The summed E-state index contributed by atoms with van der Waals surface area (Å²) in [4.78, 5) is 12.8. The van der Waals surface area contributed by atoms with Crippen LogP contribution in [0.1, 0.15) is 11.3 Å². The van der Waals surface area contributed by atoms with Gasteiger partial charge in [-0.2, -0.15) is 5.10 Å². The maximum Gasteiger partial charge on any atom is 0.295 e. The molecule has 28 heavy (non-hydrogen) atoms. The number of rotatable bonds is 5. The summed E-state index contributed by atoms with van der Waals surface area (Å²) in [7, 11) is 3.44. The molecule has 0 atom stereocenters. The minimum absolute atomic E-state index is 0.186. The quantitative estimate of drug-likeness (QED) is 0.395. The number of aromatic nitrogens is 2. The van der Waals surface area contributed by atoms with E-state index in [1.807, 2.05) is 68.6 Å². The van der Waals surface area contributed by atoms with E-state index in [1.54, 1.807) is 22.7 Å². The smallest absolute Gasteiger partial charge is 0.295 e. The predicted molar refractivity (Wildman–Crippen MR) is 116 cm³/mol. The molecule has 0 aliphatic carbocycles. The molecule has 0 unspecified atom stereocenters. The number of thiocarbonyl (C=S) groups is 1. The number of benzene rings is 2. The SMILES string of the molecule is COc1ccc(/C=N\NC(=S)Nc2c(C)n(C)n(-c3ccccc3)c2=O)cc1. The highest BCUT2D eigenvalue weighted by molar-refractivity contribution is 7.80. The third kappa shape index (κ3) is 4.12. The van der Waals surface area contributed by atoms with Crippen LogP contribution in [0, 0.1) is 6.92 Å². The molecule has 0 bridgehead atoms. The molecule has 3 aromatic rings. The molecule has 0 radical (unpaired) electrons. The van der Waals surface area contributed by atoms with Crippen molar-refractivity contribution in [1.82, 2.24) is 14.8 Å². The van der Waals surface area contributed by atoms with Gasteiger partial charge in [-0.25, -0.2) is 4.68 Å². The summed E-state index contributed by atoms with van der Waals surface area (Å²) in [6, 6.07) is 16.9. The van der Waals surface area contributed by atoms with Crippen molar-refractivity contribution in [2.45, 2.75) is 6.92 Å². The lowest BCUT2D eigenvalue weighted by Crippen LogP contribution is -2.28. The topological polar surface area (TPSA) is 72.6 Å². The van der Waals surface area contributed by atoms with Crippen LogP contribution in [-0.4, -0.2) is 27.8 Å². The van der Waals surface area contributed by atoms with Crippen LogP contribution in [0.5, 0.6) is 5.75 Å². The summed E-state index contributed by atoms with van der Waals surface area (Å²) in [6.07, 6.45) is 1.63. The number of hydrogen-bond donors (Lipinski definition) is 2.